The fraction of sp³-hybridized carbons (Fsp3) is 0.500. The second kappa shape index (κ2) is 8.13. The van der Waals surface area contributed by atoms with E-state index >= 15 is 0 Å². The maximum atomic E-state index is 13.9. The first-order valence-corrected chi connectivity index (χ1v) is 11.8. The van der Waals surface area contributed by atoms with Gasteiger partial charge in [-0.3, -0.25) is 19.2 Å². The molecule has 1 amide bonds. The van der Waals surface area contributed by atoms with Gasteiger partial charge in [-0.2, -0.15) is 0 Å². The number of nitrogens with zero attached hydrogens (tertiary/aromatic N) is 4. The van der Waals surface area contributed by atoms with Crippen LogP contribution in [0.2, 0.25) is 0 Å². The standard InChI is InChI=1S/C26H32N4O3/c1-17(2)26(24(31)30-9-7-21-20(15-30)11-18(3)13-27-21)8-10-29(16-26)14-19-5-6-23-22(12-19)28(4)25(32)33-23/h5-6,11-13,17H,7-10,14-16H2,1-4H3. The number of carbonyl (C=O) groups excluding carboxylic acids is 1. The van der Waals surface area contributed by atoms with E-state index in [2.05, 4.69) is 41.6 Å². The van der Waals surface area contributed by atoms with Gasteiger partial charge in [0, 0.05) is 51.5 Å². The summed E-state index contributed by atoms with van der Waals surface area (Å²) in [6.45, 7) is 10.2. The van der Waals surface area contributed by atoms with Gasteiger partial charge in [-0.1, -0.05) is 26.0 Å². The average molecular weight is 449 g/mol. The molecule has 5 rings (SSSR count). The summed E-state index contributed by atoms with van der Waals surface area (Å²) in [7, 11) is 1.73. The molecule has 7 heteroatoms. The van der Waals surface area contributed by atoms with Gasteiger partial charge in [0.05, 0.1) is 10.9 Å². The lowest BCUT2D eigenvalue weighted by molar-refractivity contribution is -0.145. The van der Waals surface area contributed by atoms with Crippen LogP contribution in [0.5, 0.6) is 0 Å². The van der Waals surface area contributed by atoms with E-state index in [1.165, 1.54) is 10.1 Å². The van der Waals surface area contributed by atoms with Crippen molar-refractivity contribution < 1.29 is 9.21 Å². The second-order valence-corrected chi connectivity index (χ2v) is 10.1. The summed E-state index contributed by atoms with van der Waals surface area (Å²) < 4.78 is 6.80. The summed E-state index contributed by atoms with van der Waals surface area (Å²) in [6.07, 6.45) is 3.60. The number of oxazole rings is 1. The van der Waals surface area contributed by atoms with E-state index in [1.807, 2.05) is 24.4 Å². The van der Waals surface area contributed by atoms with Crippen molar-refractivity contribution in [3.8, 4) is 0 Å². The summed E-state index contributed by atoms with van der Waals surface area (Å²) in [5.74, 6) is 0.185. The molecule has 1 unspecified atom stereocenters. The van der Waals surface area contributed by atoms with Crippen LogP contribution in [0.1, 0.15) is 42.7 Å². The first kappa shape index (κ1) is 21.9. The van der Waals surface area contributed by atoms with Crippen molar-refractivity contribution in [2.75, 3.05) is 19.6 Å². The maximum Gasteiger partial charge on any atom is 0.419 e. The molecule has 2 aromatic heterocycles. The Hall–Kier alpha value is -2.93. The van der Waals surface area contributed by atoms with Crippen molar-refractivity contribution in [2.24, 2.45) is 18.4 Å². The van der Waals surface area contributed by atoms with Crippen LogP contribution < -0.4 is 5.76 Å². The fourth-order valence-electron chi connectivity index (χ4n) is 5.51. The average Bonchev–Trinajstić information content (AvgIpc) is 3.35. The van der Waals surface area contributed by atoms with Gasteiger partial charge in [-0.15, -0.1) is 0 Å². The normalized spacial score (nSPS) is 21.2. The Labute approximate surface area is 194 Å². The maximum absolute atomic E-state index is 13.9. The van der Waals surface area contributed by atoms with E-state index in [9.17, 15) is 9.59 Å². The number of hydrogen-bond acceptors (Lipinski definition) is 5. The molecule has 0 radical (unpaired) electrons. The molecule has 1 saturated heterocycles. The highest BCUT2D eigenvalue weighted by molar-refractivity contribution is 5.84. The molecule has 1 aromatic carbocycles. The predicted octanol–water partition coefficient (Wildman–Crippen LogP) is 3.27. The predicted molar refractivity (Wildman–Crippen MR) is 127 cm³/mol. The lowest BCUT2D eigenvalue weighted by Gasteiger charge is -2.39. The van der Waals surface area contributed by atoms with Crippen molar-refractivity contribution in [1.82, 2.24) is 19.4 Å². The van der Waals surface area contributed by atoms with Crippen molar-refractivity contribution in [2.45, 2.75) is 46.7 Å². The molecule has 4 heterocycles. The molecule has 0 spiro atoms. The molecule has 2 aliphatic heterocycles. The van der Waals surface area contributed by atoms with Crippen LogP contribution in [0.15, 0.2) is 39.7 Å². The first-order valence-electron chi connectivity index (χ1n) is 11.8. The van der Waals surface area contributed by atoms with E-state index in [0.29, 0.717) is 12.1 Å². The van der Waals surface area contributed by atoms with Crippen LogP contribution in [0.4, 0.5) is 0 Å². The Morgan fingerprint density at radius 1 is 1.24 bits per heavy atom. The summed E-state index contributed by atoms with van der Waals surface area (Å²) in [6, 6.07) is 8.07. The molecule has 2 aliphatic rings. The largest absolute Gasteiger partial charge is 0.419 e. The highest BCUT2D eigenvalue weighted by atomic mass is 16.4. The van der Waals surface area contributed by atoms with Crippen LogP contribution in [0.25, 0.3) is 11.1 Å². The van der Waals surface area contributed by atoms with Gasteiger partial charge < -0.3 is 9.32 Å². The quantitative estimate of drug-likeness (QED) is 0.613. The van der Waals surface area contributed by atoms with Gasteiger partial charge in [0.1, 0.15) is 0 Å². The minimum atomic E-state index is -0.374. The van der Waals surface area contributed by atoms with Crippen LogP contribution in [0, 0.1) is 18.3 Å². The van der Waals surface area contributed by atoms with Crippen molar-refractivity contribution in [3.05, 3.63) is 63.4 Å². The highest BCUT2D eigenvalue weighted by Gasteiger charge is 2.49. The van der Waals surface area contributed by atoms with Gasteiger partial charge in [0.15, 0.2) is 5.58 Å². The van der Waals surface area contributed by atoms with Gasteiger partial charge >= 0.3 is 5.76 Å². The Balaban J connectivity index is 1.34. The first-order chi connectivity index (χ1) is 15.8. The van der Waals surface area contributed by atoms with Crippen LogP contribution >= 0.6 is 0 Å². The Kier molecular flexibility index (Phi) is 5.40. The molecule has 0 bridgehead atoms. The van der Waals surface area contributed by atoms with E-state index < -0.39 is 0 Å². The third-order valence-corrected chi connectivity index (χ3v) is 7.64. The number of aryl methyl sites for hydroxylation is 2. The molecule has 1 atom stereocenters. The lowest BCUT2D eigenvalue weighted by Crippen LogP contribution is -2.50. The summed E-state index contributed by atoms with van der Waals surface area (Å²) in [5, 5.41) is 0. The summed E-state index contributed by atoms with van der Waals surface area (Å²) in [5.41, 5.74) is 5.61. The van der Waals surface area contributed by atoms with E-state index in [1.54, 1.807) is 7.05 Å². The Morgan fingerprint density at radius 2 is 2.06 bits per heavy atom. The molecule has 1 fully saturated rings. The van der Waals surface area contributed by atoms with Crippen molar-refractivity contribution >= 4 is 17.0 Å². The second-order valence-electron chi connectivity index (χ2n) is 10.1. The van der Waals surface area contributed by atoms with E-state index in [-0.39, 0.29) is 23.0 Å². The third-order valence-electron chi connectivity index (χ3n) is 7.64. The lowest BCUT2D eigenvalue weighted by atomic mass is 9.74. The van der Waals surface area contributed by atoms with Crippen molar-refractivity contribution in [3.63, 3.8) is 0 Å². The molecule has 0 aliphatic carbocycles. The molecular formula is C26H32N4O3. The number of likely N-dealkylation sites (tertiary alicyclic amines) is 1. The molecule has 174 valence electrons. The number of amides is 1. The fourth-order valence-corrected chi connectivity index (χ4v) is 5.51. The SMILES string of the molecule is Cc1cnc2c(c1)CN(C(=O)C1(C(C)C)CCN(Cc3ccc4oc(=O)n(C)c4c3)C1)CC2. The van der Waals surface area contributed by atoms with Crippen LogP contribution in [-0.2, 0) is 31.4 Å². The molecule has 7 nitrogen and oxygen atoms in total. The summed E-state index contributed by atoms with van der Waals surface area (Å²) in [4.78, 5) is 34.7. The van der Waals surface area contributed by atoms with Crippen LogP contribution in [-0.4, -0.2) is 44.9 Å². The van der Waals surface area contributed by atoms with Gasteiger partial charge in [0.2, 0.25) is 5.91 Å². The number of benzene rings is 1. The summed E-state index contributed by atoms with van der Waals surface area (Å²) >= 11 is 0. The smallest absolute Gasteiger partial charge is 0.408 e. The zero-order valence-electron chi connectivity index (χ0n) is 19.9. The van der Waals surface area contributed by atoms with Gasteiger partial charge in [-0.05, 0) is 54.6 Å². The molecule has 33 heavy (non-hydrogen) atoms. The zero-order valence-corrected chi connectivity index (χ0v) is 19.9. The number of aromatic nitrogens is 2. The van der Waals surface area contributed by atoms with E-state index in [0.717, 1.165) is 61.4 Å². The minimum Gasteiger partial charge on any atom is -0.408 e. The number of rotatable bonds is 4. The monoisotopic (exact) mass is 448 g/mol. The van der Waals surface area contributed by atoms with Gasteiger partial charge in [0.25, 0.3) is 0 Å². The van der Waals surface area contributed by atoms with Crippen LogP contribution in [0.3, 0.4) is 0 Å². The topological polar surface area (TPSA) is 71.6 Å². The Bertz CT molecular complexity index is 1270. The number of carbonyl (C=O) groups is 1. The van der Waals surface area contributed by atoms with E-state index in [4.69, 9.17) is 4.42 Å². The highest BCUT2D eigenvalue weighted by Crippen LogP contribution is 2.41. The number of fused-ring (bicyclic) bond motifs is 2. The third kappa shape index (κ3) is 3.78. The Morgan fingerprint density at radius 3 is 2.85 bits per heavy atom. The van der Waals surface area contributed by atoms with Crippen molar-refractivity contribution in [1.29, 1.82) is 0 Å². The minimum absolute atomic E-state index is 0.254. The number of hydrogen-bond donors (Lipinski definition) is 0. The molecule has 0 saturated carbocycles. The molecule has 0 N–H and O–H groups in total. The zero-order chi connectivity index (χ0) is 23.3. The molecular weight excluding hydrogens is 416 g/mol. The van der Waals surface area contributed by atoms with Gasteiger partial charge in [-0.25, -0.2) is 4.79 Å². The molecule has 3 aromatic rings. The number of pyridine rings is 1.